The molecule has 5 nitrogen and oxygen atoms in total. The highest BCUT2D eigenvalue weighted by atomic mass is 16.5. The molecule has 1 aromatic carbocycles. The summed E-state index contributed by atoms with van der Waals surface area (Å²) in [6, 6.07) is 4.25. The van der Waals surface area contributed by atoms with Gasteiger partial charge in [-0.25, -0.2) is 0 Å². The third-order valence-electron chi connectivity index (χ3n) is 2.81. The van der Waals surface area contributed by atoms with Gasteiger partial charge in [0.05, 0.1) is 0 Å². The minimum absolute atomic E-state index is 0.299. The average molecular weight is 261 g/mol. The molecule has 2 aromatic rings. The second-order valence-electron chi connectivity index (χ2n) is 4.61. The summed E-state index contributed by atoms with van der Waals surface area (Å²) in [5, 5.41) is 6.88. The standard InChI is InChI=1S/C14H19N3O2/c1-9-5-12(7-15-4)6-10(2)14(9)18-8-13-16-11(3)17-19-13/h5-6,15H,7-8H2,1-4H3. The second kappa shape index (κ2) is 5.84. The normalized spacial score (nSPS) is 10.7. The molecule has 19 heavy (non-hydrogen) atoms. The van der Waals surface area contributed by atoms with Gasteiger partial charge in [-0.2, -0.15) is 4.98 Å². The number of hydrogen-bond acceptors (Lipinski definition) is 5. The van der Waals surface area contributed by atoms with Gasteiger partial charge in [0, 0.05) is 6.54 Å². The van der Waals surface area contributed by atoms with Crippen LogP contribution in [0.2, 0.25) is 0 Å². The lowest BCUT2D eigenvalue weighted by atomic mass is 10.1. The Morgan fingerprint density at radius 1 is 1.21 bits per heavy atom. The fraction of sp³-hybridized carbons (Fsp3) is 0.429. The molecule has 0 bridgehead atoms. The highest BCUT2D eigenvalue weighted by molar-refractivity contribution is 5.43. The Labute approximate surface area is 113 Å². The third kappa shape index (κ3) is 3.32. The first kappa shape index (κ1) is 13.5. The molecule has 0 radical (unpaired) electrons. The zero-order valence-electron chi connectivity index (χ0n) is 11.8. The molecule has 0 amide bonds. The maximum Gasteiger partial charge on any atom is 0.264 e. The van der Waals surface area contributed by atoms with Crippen molar-refractivity contribution in [2.75, 3.05) is 7.05 Å². The highest BCUT2D eigenvalue weighted by Crippen LogP contribution is 2.25. The summed E-state index contributed by atoms with van der Waals surface area (Å²) in [4.78, 5) is 4.12. The van der Waals surface area contributed by atoms with Gasteiger partial charge in [-0.15, -0.1) is 0 Å². The van der Waals surface area contributed by atoms with Gasteiger partial charge in [-0.3, -0.25) is 0 Å². The first-order valence-electron chi connectivity index (χ1n) is 6.27. The van der Waals surface area contributed by atoms with Gasteiger partial charge in [0.1, 0.15) is 5.75 Å². The molecule has 1 heterocycles. The molecule has 1 aromatic heterocycles. The van der Waals surface area contributed by atoms with Crippen LogP contribution < -0.4 is 10.1 Å². The molecule has 0 aliphatic rings. The maximum atomic E-state index is 5.78. The SMILES string of the molecule is CNCc1cc(C)c(OCc2nc(C)no2)c(C)c1. The van der Waals surface area contributed by atoms with E-state index >= 15 is 0 Å². The van der Waals surface area contributed by atoms with Crippen molar-refractivity contribution in [3.05, 3.63) is 40.5 Å². The van der Waals surface area contributed by atoms with Crippen LogP contribution in [0.5, 0.6) is 5.75 Å². The van der Waals surface area contributed by atoms with Crippen LogP contribution in [0.4, 0.5) is 0 Å². The van der Waals surface area contributed by atoms with E-state index in [4.69, 9.17) is 9.26 Å². The Kier molecular flexibility index (Phi) is 4.16. The second-order valence-corrected chi connectivity index (χ2v) is 4.61. The van der Waals surface area contributed by atoms with Crippen molar-refractivity contribution in [3.63, 3.8) is 0 Å². The van der Waals surface area contributed by atoms with Crippen LogP contribution >= 0.6 is 0 Å². The van der Waals surface area contributed by atoms with Crippen LogP contribution in [0.25, 0.3) is 0 Å². The summed E-state index contributed by atoms with van der Waals surface area (Å²) in [6.07, 6.45) is 0. The lowest BCUT2D eigenvalue weighted by Crippen LogP contribution is -2.06. The molecule has 0 unspecified atom stereocenters. The van der Waals surface area contributed by atoms with E-state index in [2.05, 4.69) is 27.6 Å². The molecular formula is C14H19N3O2. The lowest BCUT2D eigenvalue weighted by Gasteiger charge is -2.12. The summed E-state index contributed by atoms with van der Waals surface area (Å²) in [6.45, 7) is 7.02. The maximum absolute atomic E-state index is 5.78. The van der Waals surface area contributed by atoms with Crippen molar-refractivity contribution in [3.8, 4) is 5.75 Å². The van der Waals surface area contributed by atoms with E-state index in [9.17, 15) is 0 Å². The predicted octanol–water partition coefficient (Wildman–Crippen LogP) is 2.29. The lowest BCUT2D eigenvalue weighted by molar-refractivity contribution is 0.240. The molecule has 0 aliphatic heterocycles. The van der Waals surface area contributed by atoms with Crippen LogP contribution in [0.3, 0.4) is 0 Å². The van der Waals surface area contributed by atoms with Crippen LogP contribution in [0, 0.1) is 20.8 Å². The molecule has 0 saturated carbocycles. The van der Waals surface area contributed by atoms with E-state index in [-0.39, 0.29) is 0 Å². The number of nitrogens with one attached hydrogen (secondary N) is 1. The van der Waals surface area contributed by atoms with Crippen molar-refractivity contribution in [1.29, 1.82) is 0 Å². The molecule has 0 fully saturated rings. The molecule has 2 rings (SSSR count). The minimum atomic E-state index is 0.299. The van der Waals surface area contributed by atoms with Crippen LogP contribution in [0.1, 0.15) is 28.4 Å². The van der Waals surface area contributed by atoms with Crippen molar-refractivity contribution >= 4 is 0 Å². The van der Waals surface area contributed by atoms with Crippen molar-refractivity contribution in [1.82, 2.24) is 15.5 Å². The molecule has 5 heteroatoms. The Morgan fingerprint density at radius 3 is 2.42 bits per heavy atom. The quantitative estimate of drug-likeness (QED) is 0.894. The van der Waals surface area contributed by atoms with Crippen molar-refractivity contribution in [2.24, 2.45) is 0 Å². The number of benzene rings is 1. The molecule has 1 N–H and O–H groups in total. The highest BCUT2D eigenvalue weighted by Gasteiger charge is 2.09. The van der Waals surface area contributed by atoms with Gasteiger partial charge < -0.3 is 14.6 Å². The van der Waals surface area contributed by atoms with Gasteiger partial charge in [0.15, 0.2) is 12.4 Å². The van der Waals surface area contributed by atoms with E-state index in [0.29, 0.717) is 18.3 Å². The summed E-state index contributed by atoms with van der Waals surface area (Å²) < 4.78 is 10.8. The zero-order valence-corrected chi connectivity index (χ0v) is 11.8. The summed E-state index contributed by atoms with van der Waals surface area (Å²) in [5.74, 6) is 2.00. The Bertz CT molecular complexity index is 541. The number of rotatable bonds is 5. The van der Waals surface area contributed by atoms with Gasteiger partial charge in [-0.1, -0.05) is 17.3 Å². The van der Waals surface area contributed by atoms with Gasteiger partial charge in [0.25, 0.3) is 5.89 Å². The van der Waals surface area contributed by atoms with Crippen molar-refractivity contribution in [2.45, 2.75) is 33.9 Å². The monoisotopic (exact) mass is 261 g/mol. The van der Waals surface area contributed by atoms with Crippen molar-refractivity contribution < 1.29 is 9.26 Å². The Hall–Kier alpha value is -1.88. The molecule has 102 valence electrons. The fourth-order valence-corrected chi connectivity index (χ4v) is 2.11. The predicted molar refractivity (Wildman–Crippen MR) is 72.0 cm³/mol. The van der Waals surface area contributed by atoms with E-state index in [1.165, 1.54) is 5.56 Å². The van der Waals surface area contributed by atoms with E-state index in [1.54, 1.807) is 6.92 Å². The summed E-state index contributed by atoms with van der Waals surface area (Å²) >= 11 is 0. The number of ether oxygens (including phenoxy) is 1. The molecular weight excluding hydrogens is 242 g/mol. The number of aryl methyl sites for hydroxylation is 3. The third-order valence-corrected chi connectivity index (χ3v) is 2.81. The van der Waals surface area contributed by atoms with Crippen LogP contribution in [-0.2, 0) is 13.2 Å². The summed E-state index contributed by atoms with van der Waals surface area (Å²) in [5.41, 5.74) is 3.47. The largest absolute Gasteiger partial charge is 0.483 e. The number of hydrogen-bond donors (Lipinski definition) is 1. The number of aromatic nitrogens is 2. The molecule has 0 spiro atoms. The topological polar surface area (TPSA) is 60.2 Å². The summed E-state index contributed by atoms with van der Waals surface area (Å²) in [7, 11) is 1.94. The zero-order chi connectivity index (χ0) is 13.8. The molecule has 0 saturated heterocycles. The minimum Gasteiger partial charge on any atom is -0.483 e. The smallest absolute Gasteiger partial charge is 0.264 e. The van der Waals surface area contributed by atoms with E-state index in [1.807, 2.05) is 20.9 Å². The average Bonchev–Trinajstić information content (AvgIpc) is 2.74. The Balaban J connectivity index is 2.11. The number of nitrogens with zero attached hydrogens (tertiary/aromatic N) is 2. The van der Waals surface area contributed by atoms with Crippen LogP contribution in [-0.4, -0.2) is 17.2 Å². The first-order chi connectivity index (χ1) is 9.10. The Morgan fingerprint density at radius 2 is 1.89 bits per heavy atom. The van der Waals surface area contributed by atoms with Crippen LogP contribution in [0.15, 0.2) is 16.7 Å². The van der Waals surface area contributed by atoms with Gasteiger partial charge >= 0.3 is 0 Å². The molecule has 0 atom stereocenters. The fourth-order valence-electron chi connectivity index (χ4n) is 2.11. The van der Waals surface area contributed by atoms with Gasteiger partial charge in [-0.05, 0) is 44.5 Å². The first-order valence-corrected chi connectivity index (χ1v) is 6.27. The van der Waals surface area contributed by atoms with E-state index < -0.39 is 0 Å². The molecule has 0 aliphatic carbocycles. The van der Waals surface area contributed by atoms with E-state index in [0.717, 1.165) is 23.4 Å². The van der Waals surface area contributed by atoms with Gasteiger partial charge in [0.2, 0.25) is 0 Å².